The second-order valence-corrected chi connectivity index (χ2v) is 11.4. The van der Waals surface area contributed by atoms with Crippen molar-refractivity contribution in [1.29, 1.82) is 0 Å². The Morgan fingerprint density at radius 1 is 1.15 bits per heavy atom. The summed E-state index contributed by atoms with van der Waals surface area (Å²) < 4.78 is 5.16. The first-order valence-corrected chi connectivity index (χ1v) is 13.5. The summed E-state index contributed by atoms with van der Waals surface area (Å²) >= 11 is 20.3. The van der Waals surface area contributed by atoms with Gasteiger partial charge < -0.3 is 14.9 Å². The number of thiophene rings is 1. The van der Waals surface area contributed by atoms with Gasteiger partial charge in [-0.1, -0.05) is 30.1 Å². The fraction of sp³-hybridized carbons (Fsp3) is 0.560. The number of aliphatic hydroxyl groups excluding tert-OH is 2. The molecule has 5 atom stereocenters. The Morgan fingerprint density at radius 3 is 2.58 bits per heavy atom. The molecule has 1 aromatic heterocycles. The summed E-state index contributed by atoms with van der Waals surface area (Å²) in [7, 11) is 0. The molecule has 1 aliphatic carbocycles. The van der Waals surface area contributed by atoms with Crippen LogP contribution < -0.4 is 0 Å². The number of aryl methyl sites for hydroxylation is 2. The van der Waals surface area contributed by atoms with E-state index in [1.807, 2.05) is 25.1 Å². The average molecular weight is 534 g/mol. The monoisotopic (exact) mass is 532 g/mol. The number of hydrogen-bond acceptors (Lipinski definition) is 5. The first kappa shape index (κ1) is 26.8. The van der Waals surface area contributed by atoms with Gasteiger partial charge in [-0.25, -0.2) is 4.79 Å². The van der Waals surface area contributed by atoms with Crippen molar-refractivity contribution < 1.29 is 19.7 Å². The number of halogens is 3. The van der Waals surface area contributed by atoms with E-state index in [0.717, 1.165) is 42.5 Å². The van der Waals surface area contributed by atoms with Crippen LogP contribution in [0, 0.1) is 11.8 Å². The zero-order chi connectivity index (χ0) is 24.0. The number of aliphatic hydroxyl groups is 2. The highest BCUT2D eigenvalue weighted by Crippen LogP contribution is 2.42. The third-order valence-corrected chi connectivity index (χ3v) is 8.43. The SMILES string of the molecule is CC[C@H](O)COC(=O)c1ccc(CCC[C@@H]2[C@@H](CCc3cc(Cl)cc(Cl)c3)[C@H](O)C[C@H]2Cl)s1. The fourth-order valence-corrected chi connectivity index (χ4v) is 6.53. The third-order valence-electron chi connectivity index (χ3n) is 6.37. The van der Waals surface area contributed by atoms with Crippen molar-refractivity contribution in [1.82, 2.24) is 0 Å². The molecule has 0 amide bonds. The molecule has 0 saturated heterocycles. The van der Waals surface area contributed by atoms with E-state index in [4.69, 9.17) is 39.5 Å². The lowest BCUT2D eigenvalue weighted by molar-refractivity contribution is 0.0255. The first-order valence-electron chi connectivity index (χ1n) is 11.5. The Balaban J connectivity index is 1.50. The fourth-order valence-electron chi connectivity index (χ4n) is 4.52. The lowest BCUT2D eigenvalue weighted by Crippen LogP contribution is -2.21. The molecule has 1 saturated carbocycles. The van der Waals surface area contributed by atoms with E-state index in [1.54, 1.807) is 12.1 Å². The molecule has 0 aliphatic heterocycles. The molecule has 0 bridgehead atoms. The maximum absolute atomic E-state index is 12.1. The van der Waals surface area contributed by atoms with Crippen LogP contribution in [-0.4, -0.2) is 40.4 Å². The van der Waals surface area contributed by atoms with Gasteiger partial charge in [0.25, 0.3) is 0 Å². The molecule has 1 fully saturated rings. The molecule has 1 aromatic carbocycles. The van der Waals surface area contributed by atoms with Crippen LogP contribution in [0.15, 0.2) is 30.3 Å². The van der Waals surface area contributed by atoms with Gasteiger partial charge in [0.15, 0.2) is 0 Å². The average Bonchev–Trinajstić information content (AvgIpc) is 3.34. The summed E-state index contributed by atoms with van der Waals surface area (Å²) in [5.41, 5.74) is 1.07. The second-order valence-electron chi connectivity index (χ2n) is 8.78. The van der Waals surface area contributed by atoms with Crippen molar-refractivity contribution in [3.8, 4) is 0 Å². The second kappa shape index (κ2) is 12.8. The predicted molar refractivity (Wildman–Crippen MR) is 136 cm³/mol. The van der Waals surface area contributed by atoms with Crippen LogP contribution >= 0.6 is 46.1 Å². The van der Waals surface area contributed by atoms with Crippen LogP contribution in [0.2, 0.25) is 10.0 Å². The van der Waals surface area contributed by atoms with Crippen LogP contribution in [0.25, 0.3) is 0 Å². The van der Waals surface area contributed by atoms with E-state index < -0.39 is 12.2 Å². The molecule has 8 heteroatoms. The van der Waals surface area contributed by atoms with Gasteiger partial charge in [-0.3, -0.25) is 0 Å². The Bertz CT molecular complexity index is 899. The van der Waals surface area contributed by atoms with Crippen molar-refractivity contribution in [3.05, 3.63) is 55.7 Å². The van der Waals surface area contributed by atoms with Gasteiger partial charge in [-0.15, -0.1) is 22.9 Å². The van der Waals surface area contributed by atoms with Crippen LogP contribution in [0.4, 0.5) is 0 Å². The van der Waals surface area contributed by atoms with E-state index in [-0.39, 0.29) is 29.8 Å². The molecule has 33 heavy (non-hydrogen) atoms. The minimum absolute atomic E-state index is 0.0203. The smallest absolute Gasteiger partial charge is 0.348 e. The van der Waals surface area contributed by atoms with Crippen LogP contribution in [0.1, 0.15) is 59.1 Å². The summed E-state index contributed by atoms with van der Waals surface area (Å²) in [6.07, 6.45) is 4.49. The molecule has 0 unspecified atom stereocenters. The maximum atomic E-state index is 12.1. The minimum Gasteiger partial charge on any atom is -0.459 e. The largest absolute Gasteiger partial charge is 0.459 e. The van der Waals surface area contributed by atoms with E-state index in [9.17, 15) is 15.0 Å². The standard InChI is InChI=1S/C25H31Cl3O4S/c1-2-18(29)14-32-25(31)24-9-7-19(33-24)4-3-5-20-21(23(30)13-22(20)28)8-6-15-10-16(26)12-17(27)11-15/h7,9-12,18,20-23,29-30H,2-6,8,13-14H2,1H3/t18-,20+,21+,22+,23+/m0/s1. The summed E-state index contributed by atoms with van der Waals surface area (Å²) in [5.74, 6) is 0.0000437. The molecule has 1 heterocycles. The highest BCUT2D eigenvalue weighted by atomic mass is 35.5. The zero-order valence-corrected chi connectivity index (χ0v) is 21.8. The summed E-state index contributed by atoms with van der Waals surface area (Å²) in [5, 5.41) is 21.4. The van der Waals surface area contributed by atoms with Crippen LogP contribution in [-0.2, 0) is 17.6 Å². The number of carbonyl (C=O) groups excluding carboxylic acids is 1. The number of ether oxygens (including phenoxy) is 1. The highest BCUT2D eigenvalue weighted by Gasteiger charge is 2.40. The number of esters is 1. The highest BCUT2D eigenvalue weighted by molar-refractivity contribution is 7.13. The van der Waals surface area contributed by atoms with Gasteiger partial charge in [0, 0.05) is 20.3 Å². The summed E-state index contributed by atoms with van der Waals surface area (Å²) in [6.45, 7) is 1.86. The van der Waals surface area contributed by atoms with Gasteiger partial charge in [-0.2, -0.15) is 0 Å². The predicted octanol–water partition coefficient (Wildman–Crippen LogP) is 6.54. The van der Waals surface area contributed by atoms with E-state index >= 15 is 0 Å². The molecule has 4 nitrogen and oxygen atoms in total. The van der Waals surface area contributed by atoms with Crippen LogP contribution in [0.3, 0.4) is 0 Å². The molecule has 1 aliphatic rings. The molecule has 3 rings (SSSR count). The van der Waals surface area contributed by atoms with Crippen molar-refractivity contribution in [2.45, 2.75) is 69.5 Å². The lowest BCUT2D eigenvalue weighted by atomic mass is 9.85. The van der Waals surface area contributed by atoms with E-state index in [0.29, 0.717) is 27.8 Å². The molecule has 0 radical (unpaired) electrons. The summed E-state index contributed by atoms with van der Waals surface area (Å²) in [4.78, 5) is 13.8. The Labute approximate surface area is 214 Å². The zero-order valence-electron chi connectivity index (χ0n) is 18.7. The molecule has 0 spiro atoms. The molecular formula is C25H31Cl3O4S. The number of hydrogen-bond donors (Lipinski definition) is 2. The quantitative estimate of drug-likeness (QED) is 0.254. The van der Waals surface area contributed by atoms with Gasteiger partial charge in [0.05, 0.1) is 12.2 Å². The van der Waals surface area contributed by atoms with Crippen molar-refractivity contribution >= 4 is 52.1 Å². The molecular weight excluding hydrogens is 503 g/mol. The van der Waals surface area contributed by atoms with Gasteiger partial charge in [0.2, 0.25) is 0 Å². The molecule has 182 valence electrons. The van der Waals surface area contributed by atoms with Crippen molar-refractivity contribution in [3.63, 3.8) is 0 Å². The lowest BCUT2D eigenvalue weighted by Gasteiger charge is -2.23. The molecule has 2 N–H and O–H groups in total. The van der Waals surface area contributed by atoms with Gasteiger partial charge in [0.1, 0.15) is 11.5 Å². The number of rotatable bonds is 11. The van der Waals surface area contributed by atoms with Crippen LogP contribution in [0.5, 0.6) is 0 Å². The van der Waals surface area contributed by atoms with Gasteiger partial charge in [-0.05, 0) is 92.7 Å². The van der Waals surface area contributed by atoms with E-state index in [1.165, 1.54) is 11.3 Å². The first-order chi connectivity index (χ1) is 15.8. The number of benzene rings is 1. The minimum atomic E-state index is -0.623. The maximum Gasteiger partial charge on any atom is 0.348 e. The van der Waals surface area contributed by atoms with Crippen molar-refractivity contribution in [2.24, 2.45) is 11.8 Å². The Morgan fingerprint density at radius 2 is 1.88 bits per heavy atom. The van der Waals surface area contributed by atoms with E-state index in [2.05, 4.69) is 0 Å². The summed E-state index contributed by atoms with van der Waals surface area (Å²) in [6, 6.07) is 9.30. The van der Waals surface area contributed by atoms with Gasteiger partial charge >= 0.3 is 5.97 Å². The molecule has 2 aromatic rings. The number of alkyl halides is 1. The topological polar surface area (TPSA) is 66.8 Å². The Kier molecular flexibility index (Phi) is 10.4. The third kappa shape index (κ3) is 7.84. The van der Waals surface area contributed by atoms with Crippen molar-refractivity contribution in [2.75, 3.05) is 6.61 Å². The normalized spacial score (nSPS) is 23.6. The number of carbonyl (C=O) groups is 1. The Hall–Kier alpha value is -0.820.